The Labute approximate surface area is 114 Å². The lowest BCUT2D eigenvalue weighted by molar-refractivity contribution is -0.136. The summed E-state index contributed by atoms with van der Waals surface area (Å²) in [6.07, 6.45) is -0.0633. The number of carbonyl (C=O) groups excluding carboxylic acids is 1. The highest BCUT2D eigenvalue weighted by Gasteiger charge is 2.06. The minimum Gasteiger partial charge on any atom is -0.481 e. The van der Waals surface area contributed by atoms with E-state index in [2.05, 4.69) is 5.32 Å². The van der Waals surface area contributed by atoms with Crippen molar-refractivity contribution in [1.29, 1.82) is 0 Å². The summed E-state index contributed by atoms with van der Waals surface area (Å²) in [6.45, 7) is 0. The van der Waals surface area contributed by atoms with Crippen LogP contribution in [0.5, 0.6) is 0 Å². The van der Waals surface area contributed by atoms with Crippen LogP contribution in [0, 0.1) is 5.82 Å². The predicted molar refractivity (Wildman–Crippen MR) is 72.1 cm³/mol. The molecule has 102 valence electrons. The molecule has 0 aliphatic heterocycles. The lowest BCUT2D eigenvalue weighted by Gasteiger charge is -2.06. The van der Waals surface area contributed by atoms with Gasteiger partial charge in [-0.1, -0.05) is 12.1 Å². The Kier molecular flexibility index (Phi) is 4.10. The fourth-order valence-corrected chi connectivity index (χ4v) is 1.69. The highest BCUT2D eigenvalue weighted by atomic mass is 19.1. The molecule has 0 radical (unpaired) electrons. The van der Waals surface area contributed by atoms with Gasteiger partial charge in [-0.3, -0.25) is 9.59 Å². The first kappa shape index (κ1) is 13.7. The fraction of sp³-hybridized carbons (Fsp3) is 0.0667. The number of nitrogens with one attached hydrogen (secondary N) is 1. The molecule has 0 bridgehead atoms. The number of hydrogen-bond donors (Lipinski definition) is 2. The van der Waals surface area contributed by atoms with Crippen molar-refractivity contribution in [1.82, 2.24) is 0 Å². The van der Waals surface area contributed by atoms with E-state index in [4.69, 9.17) is 5.11 Å². The zero-order valence-corrected chi connectivity index (χ0v) is 10.5. The van der Waals surface area contributed by atoms with E-state index in [0.29, 0.717) is 16.8 Å². The Morgan fingerprint density at radius 1 is 1.00 bits per heavy atom. The van der Waals surface area contributed by atoms with Crippen LogP contribution in [0.3, 0.4) is 0 Å². The number of rotatable bonds is 4. The molecule has 2 aromatic carbocycles. The third-order valence-electron chi connectivity index (χ3n) is 2.67. The molecule has 2 N–H and O–H groups in total. The molecule has 0 spiro atoms. The number of carboxylic acids is 1. The third kappa shape index (κ3) is 3.65. The minimum absolute atomic E-state index is 0.0633. The molecule has 0 aliphatic carbocycles. The molecule has 2 rings (SSSR count). The van der Waals surface area contributed by atoms with Crippen molar-refractivity contribution < 1.29 is 19.1 Å². The van der Waals surface area contributed by atoms with E-state index in [1.54, 1.807) is 24.3 Å². The van der Waals surface area contributed by atoms with E-state index in [9.17, 15) is 14.0 Å². The summed E-state index contributed by atoms with van der Waals surface area (Å²) in [7, 11) is 0. The number of carbonyl (C=O) groups is 2. The quantitative estimate of drug-likeness (QED) is 0.900. The average Bonchev–Trinajstić information content (AvgIpc) is 2.41. The van der Waals surface area contributed by atoms with Gasteiger partial charge in [0.05, 0.1) is 6.42 Å². The molecule has 0 aromatic heterocycles. The number of halogens is 1. The molecule has 0 unspecified atom stereocenters. The van der Waals surface area contributed by atoms with Gasteiger partial charge in [0.2, 0.25) is 0 Å². The number of benzene rings is 2. The van der Waals surface area contributed by atoms with E-state index in [1.165, 1.54) is 24.3 Å². The van der Waals surface area contributed by atoms with Gasteiger partial charge in [0, 0.05) is 11.3 Å². The van der Waals surface area contributed by atoms with E-state index < -0.39 is 11.8 Å². The largest absolute Gasteiger partial charge is 0.481 e. The zero-order valence-electron chi connectivity index (χ0n) is 10.5. The molecule has 0 saturated heterocycles. The maximum absolute atomic E-state index is 12.7. The number of aliphatic carboxylic acids is 1. The Balaban J connectivity index is 2.04. The third-order valence-corrected chi connectivity index (χ3v) is 2.67. The lowest BCUT2D eigenvalue weighted by Crippen LogP contribution is -2.11. The van der Waals surface area contributed by atoms with Crippen LogP contribution in [0.4, 0.5) is 10.1 Å². The maximum Gasteiger partial charge on any atom is 0.307 e. The number of carboxylic acid groups (broad SMARTS) is 1. The van der Waals surface area contributed by atoms with Crippen LogP contribution in [0.2, 0.25) is 0 Å². The molecular formula is C15H12FNO3. The minimum atomic E-state index is -0.909. The van der Waals surface area contributed by atoms with Crippen LogP contribution in [0.25, 0.3) is 0 Å². The monoisotopic (exact) mass is 273 g/mol. The lowest BCUT2D eigenvalue weighted by atomic mass is 10.1. The number of hydrogen-bond acceptors (Lipinski definition) is 2. The van der Waals surface area contributed by atoms with Crippen molar-refractivity contribution in [2.24, 2.45) is 0 Å². The molecule has 0 aliphatic rings. The molecule has 5 heteroatoms. The summed E-state index contributed by atoms with van der Waals surface area (Å²) in [5.74, 6) is -1.66. The van der Waals surface area contributed by atoms with Crippen molar-refractivity contribution in [3.8, 4) is 0 Å². The molecular weight excluding hydrogens is 261 g/mol. The zero-order chi connectivity index (χ0) is 14.5. The molecule has 2 aromatic rings. The molecule has 20 heavy (non-hydrogen) atoms. The van der Waals surface area contributed by atoms with Gasteiger partial charge in [-0.05, 0) is 42.0 Å². The topological polar surface area (TPSA) is 66.4 Å². The maximum atomic E-state index is 12.7. The van der Waals surface area contributed by atoms with Crippen LogP contribution in [0.1, 0.15) is 15.9 Å². The molecule has 1 amide bonds. The Morgan fingerprint density at radius 3 is 2.15 bits per heavy atom. The van der Waals surface area contributed by atoms with Gasteiger partial charge in [0.25, 0.3) is 5.91 Å². The van der Waals surface area contributed by atoms with Crippen molar-refractivity contribution in [2.45, 2.75) is 6.42 Å². The molecule has 4 nitrogen and oxygen atoms in total. The van der Waals surface area contributed by atoms with E-state index in [1.807, 2.05) is 0 Å². The second kappa shape index (κ2) is 5.97. The summed E-state index contributed by atoms with van der Waals surface area (Å²) in [5, 5.41) is 11.3. The van der Waals surface area contributed by atoms with Gasteiger partial charge < -0.3 is 10.4 Å². The summed E-state index contributed by atoms with van der Waals surface area (Å²) in [5.41, 5.74) is 1.55. The van der Waals surface area contributed by atoms with Gasteiger partial charge in [-0.25, -0.2) is 4.39 Å². The summed E-state index contributed by atoms with van der Waals surface area (Å²) < 4.78 is 12.7. The second-order valence-electron chi connectivity index (χ2n) is 4.23. The second-order valence-corrected chi connectivity index (χ2v) is 4.23. The Bertz CT molecular complexity index is 621. The summed E-state index contributed by atoms with van der Waals surface area (Å²) >= 11 is 0. The van der Waals surface area contributed by atoms with Crippen molar-refractivity contribution >= 4 is 17.6 Å². The smallest absolute Gasteiger partial charge is 0.307 e. The van der Waals surface area contributed by atoms with Crippen LogP contribution in [0.15, 0.2) is 48.5 Å². The van der Waals surface area contributed by atoms with Crippen LogP contribution >= 0.6 is 0 Å². The first-order valence-corrected chi connectivity index (χ1v) is 5.92. The first-order valence-electron chi connectivity index (χ1n) is 5.92. The van der Waals surface area contributed by atoms with E-state index >= 15 is 0 Å². The Morgan fingerprint density at radius 2 is 1.60 bits per heavy atom. The summed E-state index contributed by atoms with van der Waals surface area (Å²) in [4.78, 5) is 22.4. The summed E-state index contributed by atoms with van der Waals surface area (Å²) in [6, 6.07) is 11.7. The first-order chi connectivity index (χ1) is 9.54. The Hall–Kier alpha value is -2.69. The fourth-order valence-electron chi connectivity index (χ4n) is 1.69. The van der Waals surface area contributed by atoms with Crippen molar-refractivity contribution in [3.05, 3.63) is 65.5 Å². The standard InChI is InChI=1S/C15H12FNO3/c16-12-5-3-11(4-6-12)15(20)17-13-7-1-10(2-8-13)9-14(18)19/h1-8H,9H2,(H,17,20)(H,18,19). The van der Waals surface area contributed by atoms with Gasteiger partial charge in [0.15, 0.2) is 0 Å². The van der Waals surface area contributed by atoms with Crippen LogP contribution in [-0.4, -0.2) is 17.0 Å². The van der Waals surface area contributed by atoms with Crippen molar-refractivity contribution in [2.75, 3.05) is 5.32 Å². The van der Waals surface area contributed by atoms with E-state index in [0.717, 1.165) is 0 Å². The van der Waals surface area contributed by atoms with E-state index in [-0.39, 0.29) is 12.3 Å². The number of anilines is 1. The van der Waals surface area contributed by atoms with Crippen LogP contribution in [-0.2, 0) is 11.2 Å². The molecule has 0 saturated carbocycles. The van der Waals surface area contributed by atoms with Gasteiger partial charge >= 0.3 is 5.97 Å². The molecule has 0 atom stereocenters. The van der Waals surface area contributed by atoms with Crippen molar-refractivity contribution in [3.63, 3.8) is 0 Å². The highest BCUT2D eigenvalue weighted by Crippen LogP contribution is 2.12. The number of amides is 1. The van der Waals surface area contributed by atoms with Gasteiger partial charge in [-0.15, -0.1) is 0 Å². The predicted octanol–water partition coefficient (Wildman–Crippen LogP) is 2.71. The van der Waals surface area contributed by atoms with Crippen LogP contribution < -0.4 is 5.32 Å². The van der Waals surface area contributed by atoms with Gasteiger partial charge in [0.1, 0.15) is 5.82 Å². The highest BCUT2D eigenvalue weighted by molar-refractivity contribution is 6.04. The SMILES string of the molecule is O=C(O)Cc1ccc(NC(=O)c2ccc(F)cc2)cc1. The normalized spacial score (nSPS) is 10.1. The average molecular weight is 273 g/mol. The molecule has 0 heterocycles. The van der Waals surface area contributed by atoms with Gasteiger partial charge in [-0.2, -0.15) is 0 Å². The molecule has 0 fully saturated rings.